The lowest BCUT2D eigenvalue weighted by Gasteiger charge is -2.46. The van der Waals surface area contributed by atoms with Crippen LogP contribution in [0, 0.1) is 16.7 Å². The van der Waals surface area contributed by atoms with Crippen LogP contribution in [-0.2, 0) is 9.53 Å². The number of hydrogen-bond donors (Lipinski definition) is 1. The third kappa shape index (κ3) is 3.65. The number of likely N-dealkylation sites (tertiary alicyclic amines) is 1. The summed E-state index contributed by atoms with van der Waals surface area (Å²) in [6.45, 7) is 3.86. The third-order valence-electron chi connectivity index (χ3n) is 6.62. The Balaban J connectivity index is 1.42. The number of methoxy groups -OCH3 is 1. The van der Waals surface area contributed by atoms with E-state index in [1.54, 1.807) is 0 Å². The largest absolute Gasteiger partial charge is 0.469 e. The van der Waals surface area contributed by atoms with E-state index in [4.69, 9.17) is 4.74 Å². The van der Waals surface area contributed by atoms with Crippen molar-refractivity contribution in [2.75, 3.05) is 33.4 Å². The molecule has 4 nitrogen and oxygen atoms in total. The predicted molar refractivity (Wildman–Crippen MR) is 85.5 cm³/mol. The smallest absolute Gasteiger partial charge is 0.305 e. The van der Waals surface area contributed by atoms with Gasteiger partial charge in [0.25, 0.3) is 0 Å². The monoisotopic (exact) mass is 309 g/mol. The fourth-order valence-corrected chi connectivity index (χ4v) is 4.52. The minimum atomic E-state index is -0.0468. The van der Waals surface area contributed by atoms with Gasteiger partial charge in [-0.3, -0.25) is 4.79 Å². The molecule has 2 aliphatic carbocycles. The molecule has 3 rings (SSSR count). The maximum Gasteiger partial charge on any atom is 0.305 e. The van der Waals surface area contributed by atoms with Gasteiger partial charge in [-0.25, -0.2) is 0 Å². The van der Waals surface area contributed by atoms with E-state index >= 15 is 0 Å². The minimum Gasteiger partial charge on any atom is -0.469 e. The summed E-state index contributed by atoms with van der Waals surface area (Å²) in [6, 6.07) is 0. The van der Waals surface area contributed by atoms with Crippen LogP contribution in [0.2, 0.25) is 0 Å². The molecule has 1 N–H and O–H groups in total. The Morgan fingerprint density at radius 2 is 1.77 bits per heavy atom. The Labute approximate surface area is 134 Å². The molecule has 0 aromatic carbocycles. The number of rotatable bonds is 5. The van der Waals surface area contributed by atoms with Crippen molar-refractivity contribution >= 4 is 5.97 Å². The van der Waals surface area contributed by atoms with Gasteiger partial charge in [-0.15, -0.1) is 0 Å². The number of aliphatic hydroxyl groups is 1. The molecular weight excluding hydrogens is 278 g/mol. The second-order valence-electron chi connectivity index (χ2n) is 8.16. The van der Waals surface area contributed by atoms with Gasteiger partial charge in [-0.2, -0.15) is 0 Å². The first kappa shape index (κ1) is 16.3. The highest BCUT2D eigenvalue weighted by atomic mass is 16.5. The second kappa shape index (κ2) is 6.48. The Morgan fingerprint density at radius 1 is 1.14 bits per heavy atom. The van der Waals surface area contributed by atoms with Crippen molar-refractivity contribution in [2.24, 2.45) is 16.7 Å². The van der Waals surface area contributed by atoms with Crippen LogP contribution in [0.4, 0.5) is 0 Å². The molecule has 0 unspecified atom stereocenters. The fraction of sp³-hybridized carbons (Fsp3) is 0.944. The van der Waals surface area contributed by atoms with Gasteiger partial charge in [0.1, 0.15) is 0 Å². The Kier molecular flexibility index (Phi) is 4.79. The molecule has 3 fully saturated rings. The first-order valence-electron chi connectivity index (χ1n) is 8.99. The molecule has 1 aliphatic heterocycles. The molecule has 1 saturated heterocycles. The van der Waals surface area contributed by atoms with Crippen molar-refractivity contribution in [1.82, 2.24) is 4.90 Å². The molecule has 0 radical (unpaired) electrons. The number of nitrogens with zero attached hydrogens (tertiary/aromatic N) is 1. The molecule has 3 aliphatic rings. The molecule has 2 saturated carbocycles. The lowest BCUT2D eigenvalue weighted by atomic mass is 9.65. The van der Waals surface area contributed by atoms with E-state index in [1.165, 1.54) is 71.6 Å². The van der Waals surface area contributed by atoms with Gasteiger partial charge in [0.15, 0.2) is 0 Å². The quantitative estimate of drug-likeness (QED) is 0.793. The van der Waals surface area contributed by atoms with E-state index in [0.29, 0.717) is 24.4 Å². The van der Waals surface area contributed by atoms with Crippen molar-refractivity contribution in [3.05, 3.63) is 0 Å². The highest BCUT2D eigenvalue weighted by molar-refractivity contribution is 5.69. The average Bonchev–Trinajstić information content (AvgIpc) is 3.32. The maximum atomic E-state index is 11.4. The van der Waals surface area contributed by atoms with Crippen molar-refractivity contribution in [3.8, 4) is 0 Å². The summed E-state index contributed by atoms with van der Waals surface area (Å²) < 4.78 is 4.80. The van der Waals surface area contributed by atoms with E-state index in [2.05, 4.69) is 4.90 Å². The number of carbonyl (C=O) groups excluding carboxylic acids is 1. The summed E-state index contributed by atoms with van der Waals surface area (Å²) in [7, 11) is 1.49. The SMILES string of the molecule is COC(=O)CC1CCC2(CC1)CCN(CC1(CO)CC1)CC2. The average molecular weight is 309 g/mol. The van der Waals surface area contributed by atoms with Crippen LogP contribution >= 0.6 is 0 Å². The fourth-order valence-electron chi connectivity index (χ4n) is 4.52. The van der Waals surface area contributed by atoms with Gasteiger partial charge in [-0.1, -0.05) is 0 Å². The van der Waals surface area contributed by atoms with Crippen molar-refractivity contribution in [1.29, 1.82) is 0 Å². The maximum absolute atomic E-state index is 11.4. The summed E-state index contributed by atoms with van der Waals surface area (Å²) in [5, 5.41) is 9.49. The van der Waals surface area contributed by atoms with Gasteiger partial charge < -0.3 is 14.7 Å². The summed E-state index contributed by atoms with van der Waals surface area (Å²) in [5.41, 5.74) is 0.793. The van der Waals surface area contributed by atoms with Crippen molar-refractivity contribution in [3.63, 3.8) is 0 Å². The van der Waals surface area contributed by atoms with Gasteiger partial charge >= 0.3 is 5.97 Å². The zero-order chi connectivity index (χ0) is 15.6. The Hall–Kier alpha value is -0.610. The number of piperidine rings is 1. The molecule has 0 atom stereocenters. The number of carbonyl (C=O) groups is 1. The van der Waals surface area contributed by atoms with Crippen molar-refractivity contribution < 1.29 is 14.6 Å². The summed E-state index contributed by atoms with van der Waals surface area (Å²) in [5.74, 6) is 0.495. The van der Waals surface area contributed by atoms with Crippen LogP contribution in [0.3, 0.4) is 0 Å². The van der Waals surface area contributed by atoms with Crippen LogP contribution in [-0.4, -0.2) is 49.3 Å². The molecule has 0 aromatic heterocycles. The summed E-state index contributed by atoms with van der Waals surface area (Å²) >= 11 is 0. The van der Waals surface area contributed by atoms with Gasteiger partial charge in [-0.05, 0) is 75.8 Å². The van der Waals surface area contributed by atoms with E-state index in [9.17, 15) is 9.90 Å². The van der Waals surface area contributed by atoms with Crippen LogP contribution in [0.5, 0.6) is 0 Å². The highest BCUT2D eigenvalue weighted by Crippen LogP contribution is 2.49. The van der Waals surface area contributed by atoms with Crippen LogP contribution in [0.25, 0.3) is 0 Å². The summed E-state index contributed by atoms with van der Waals surface area (Å²) in [6.07, 6.45) is 10.6. The Bertz CT molecular complexity index is 387. The zero-order valence-corrected chi connectivity index (χ0v) is 14.0. The molecule has 4 heteroatoms. The van der Waals surface area contributed by atoms with Crippen LogP contribution in [0.1, 0.15) is 57.8 Å². The van der Waals surface area contributed by atoms with E-state index in [0.717, 1.165) is 6.54 Å². The molecule has 1 heterocycles. The minimum absolute atomic E-state index is 0.0468. The number of hydrogen-bond acceptors (Lipinski definition) is 4. The molecule has 126 valence electrons. The molecular formula is C18H31NO3. The third-order valence-corrected chi connectivity index (χ3v) is 6.62. The number of ether oxygens (including phenoxy) is 1. The first-order chi connectivity index (χ1) is 10.6. The van der Waals surface area contributed by atoms with E-state index in [1.807, 2.05) is 0 Å². The molecule has 0 aromatic rings. The van der Waals surface area contributed by atoms with Gasteiger partial charge in [0.05, 0.1) is 7.11 Å². The van der Waals surface area contributed by atoms with Crippen LogP contribution < -0.4 is 0 Å². The normalized spacial score (nSPS) is 27.7. The summed E-state index contributed by atoms with van der Waals surface area (Å²) in [4.78, 5) is 14.0. The topological polar surface area (TPSA) is 49.8 Å². The van der Waals surface area contributed by atoms with E-state index in [-0.39, 0.29) is 11.4 Å². The molecule has 1 spiro atoms. The standard InChI is InChI=1S/C18H31NO3/c1-22-16(21)12-15-2-4-17(5-3-15)8-10-19(11-9-17)13-18(14-20)6-7-18/h15,20H,2-14H2,1H3. The number of esters is 1. The molecule has 0 amide bonds. The predicted octanol–water partition coefficient (Wildman–Crippen LogP) is 2.59. The highest BCUT2D eigenvalue weighted by Gasteiger charge is 2.45. The second-order valence-corrected chi connectivity index (χ2v) is 8.16. The Morgan fingerprint density at radius 3 is 2.27 bits per heavy atom. The lowest BCUT2D eigenvalue weighted by Crippen LogP contribution is -2.44. The first-order valence-corrected chi connectivity index (χ1v) is 8.99. The van der Waals surface area contributed by atoms with E-state index < -0.39 is 0 Å². The molecule has 0 bridgehead atoms. The van der Waals surface area contributed by atoms with Gasteiger partial charge in [0, 0.05) is 25.0 Å². The van der Waals surface area contributed by atoms with Gasteiger partial charge in [0.2, 0.25) is 0 Å². The zero-order valence-electron chi connectivity index (χ0n) is 14.0. The molecule has 22 heavy (non-hydrogen) atoms. The van der Waals surface area contributed by atoms with Crippen molar-refractivity contribution in [2.45, 2.75) is 57.8 Å². The number of aliphatic hydroxyl groups excluding tert-OH is 1. The van der Waals surface area contributed by atoms with Crippen LogP contribution in [0.15, 0.2) is 0 Å². The lowest BCUT2D eigenvalue weighted by molar-refractivity contribution is -0.142.